The molecule has 0 saturated heterocycles. The van der Waals surface area contributed by atoms with E-state index in [1.807, 2.05) is 0 Å². The third-order valence-electron chi connectivity index (χ3n) is 3.00. The van der Waals surface area contributed by atoms with Crippen LogP contribution in [-0.4, -0.2) is 17.0 Å². The number of aromatic nitrogens is 2. The zero-order valence-corrected chi connectivity index (χ0v) is 11.8. The quantitative estimate of drug-likeness (QED) is 0.902. The average molecular weight is 296 g/mol. The summed E-state index contributed by atoms with van der Waals surface area (Å²) in [5.41, 5.74) is 0.594. The monoisotopic (exact) mass is 296 g/mol. The summed E-state index contributed by atoms with van der Waals surface area (Å²) in [7, 11) is 1.67. The van der Waals surface area contributed by atoms with Crippen LogP contribution in [-0.2, 0) is 6.18 Å². The van der Waals surface area contributed by atoms with Crippen LogP contribution in [0.5, 0.6) is 0 Å². The molecule has 1 heterocycles. The molecule has 0 aliphatic heterocycles. The van der Waals surface area contributed by atoms with Gasteiger partial charge in [-0.2, -0.15) is 18.2 Å². The lowest BCUT2D eigenvalue weighted by atomic mass is 10.1. The lowest BCUT2D eigenvalue weighted by molar-refractivity contribution is -0.138. The highest BCUT2D eigenvalue weighted by atomic mass is 19.4. The van der Waals surface area contributed by atoms with Gasteiger partial charge in [0.1, 0.15) is 5.82 Å². The minimum absolute atomic E-state index is 0.184. The zero-order chi connectivity index (χ0) is 15.6. The largest absolute Gasteiger partial charge is 0.416 e. The molecule has 21 heavy (non-hydrogen) atoms. The normalized spacial score (nSPS) is 11.3. The van der Waals surface area contributed by atoms with E-state index in [2.05, 4.69) is 20.6 Å². The molecule has 1 aromatic heterocycles. The van der Waals surface area contributed by atoms with Crippen LogP contribution in [0.25, 0.3) is 0 Å². The van der Waals surface area contributed by atoms with Crippen LogP contribution in [0.2, 0.25) is 0 Å². The Morgan fingerprint density at radius 1 is 1.10 bits per heavy atom. The van der Waals surface area contributed by atoms with E-state index >= 15 is 0 Å². The van der Waals surface area contributed by atoms with Crippen molar-refractivity contribution in [3.05, 3.63) is 41.1 Å². The summed E-state index contributed by atoms with van der Waals surface area (Å²) in [4.78, 5) is 8.21. The second-order valence-corrected chi connectivity index (χ2v) is 4.63. The van der Waals surface area contributed by atoms with Crippen molar-refractivity contribution in [3.8, 4) is 0 Å². The van der Waals surface area contributed by atoms with Crippen LogP contribution in [0.1, 0.15) is 16.7 Å². The van der Waals surface area contributed by atoms with E-state index < -0.39 is 11.7 Å². The molecule has 0 aliphatic carbocycles. The topological polar surface area (TPSA) is 49.8 Å². The lowest BCUT2D eigenvalue weighted by Gasteiger charge is -2.14. The first-order valence-corrected chi connectivity index (χ1v) is 6.27. The second-order valence-electron chi connectivity index (χ2n) is 4.63. The number of aryl methyl sites for hydroxylation is 2. The summed E-state index contributed by atoms with van der Waals surface area (Å²) >= 11 is 0. The Hall–Kier alpha value is -2.31. The molecule has 7 heteroatoms. The van der Waals surface area contributed by atoms with Crippen LogP contribution in [0.15, 0.2) is 24.4 Å². The number of anilines is 3. The van der Waals surface area contributed by atoms with Crippen LogP contribution in [0.3, 0.4) is 0 Å². The predicted octanol–water partition coefficient (Wildman–Crippen LogP) is 3.90. The van der Waals surface area contributed by atoms with Crippen LogP contribution in [0.4, 0.5) is 30.6 Å². The third-order valence-corrected chi connectivity index (χ3v) is 3.00. The number of alkyl halides is 3. The second kappa shape index (κ2) is 5.59. The minimum Gasteiger partial charge on any atom is -0.357 e. The van der Waals surface area contributed by atoms with E-state index in [9.17, 15) is 13.2 Å². The highest BCUT2D eigenvalue weighted by Crippen LogP contribution is 2.34. The number of halogens is 3. The summed E-state index contributed by atoms with van der Waals surface area (Å²) < 4.78 is 38.7. The molecular weight excluding hydrogens is 281 g/mol. The number of hydrogen-bond donors (Lipinski definition) is 2. The zero-order valence-electron chi connectivity index (χ0n) is 11.8. The smallest absolute Gasteiger partial charge is 0.357 e. The summed E-state index contributed by atoms with van der Waals surface area (Å²) in [6.07, 6.45) is -2.78. The van der Waals surface area contributed by atoms with E-state index in [0.717, 1.165) is 11.6 Å². The number of hydrogen-bond acceptors (Lipinski definition) is 4. The Bertz CT molecular complexity index is 653. The van der Waals surface area contributed by atoms with Gasteiger partial charge in [-0.3, -0.25) is 0 Å². The Kier molecular flexibility index (Phi) is 4.02. The predicted molar refractivity (Wildman–Crippen MR) is 75.8 cm³/mol. The highest BCUT2D eigenvalue weighted by Gasteiger charge is 2.32. The summed E-state index contributed by atoms with van der Waals surface area (Å²) in [6.45, 7) is 3.21. The van der Waals surface area contributed by atoms with Crippen molar-refractivity contribution in [2.45, 2.75) is 20.0 Å². The third kappa shape index (κ3) is 3.42. The van der Waals surface area contributed by atoms with E-state index in [1.54, 1.807) is 26.2 Å². The van der Waals surface area contributed by atoms with Gasteiger partial charge in [0.05, 0.1) is 5.56 Å². The maximum absolute atomic E-state index is 12.9. The summed E-state index contributed by atoms with van der Waals surface area (Å²) in [5, 5.41) is 5.68. The Labute approximate surface area is 120 Å². The van der Waals surface area contributed by atoms with Gasteiger partial charge in [-0.05, 0) is 31.5 Å². The molecule has 0 aliphatic rings. The summed E-state index contributed by atoms with van der Waals surface area (Å²) in [6, 6.07) is 4.10. The SMILES string of the molecule is CNc1ncc(C)c(Nc2ccc(C)c(C(F)(F)F)c2)n1. The highest BCUT2D eigenvalue weighted by molar-refractivity contribution is 5.61. The fourth-order valence-electron chi connectivity index (χ4n) is 1.83. The fourth-order valence-corrected chi connectivity index (χ4v) is 1.83. The van der Waals surface area contributed by atoms with Gasteiger partial charge in [0.2, 0.25) is 5.95 Å². The van der Waals surface area contributed by atoms with Crippen LogP contribution in [0, 0.1) is 13.8 Å². The number of benzene rings is 1. The van der Waals surface area contributed by atoms with Crippen molar-refractivity contribution < 1.29 is 13.2 Å². The van der Waals surface area contributed by atoms with E-state index in [-0.39, 0.29) is 5.56 Å². The van der Waals surface area contributed by atoms with Crippen molar-refractivity contribution in [1.29, 1.82) is 0 Å². The van der Waals surface area contributed by atoms with Gasteiger partial charge in [-0.1, -0.05) is 6.07 Å². The molecule has 2 rings (SSSR count). The Morgan fingerprint density at radius 2 is 1.81 bits per heavy atom. The summed E-state index contributed by atoms with van der Waals surface area (Å²) in [5.74, 6) is 0.859. The standard InChI is InChI=1S/C14H15F3N4/c1-8-4-5-10(6-11(8)14(15,16)17)20-12-9(2)7-19-13(18-3)21-12/h4-7H,1-3H3,(H2,18,19,20,21). The van der Waals surface area contributed by atoms with Gasteiger partial charge in [-0.25, -0.2) is 4.98 Å². The van der Waals surface area contributed by atoms with Crippen LogP contribution < -0.4 is 10.6 Å². The molecule has 0 radical (unpaired) electrons. The van der Waals surface area contributed by atoms with Crippen molar-refractivity contribution in [3.63, 3.8) is 0 Å². The Morgan fingerprint density at radius 3 is 2.43 bits per heavy atom. The maximum atomic E-state index is 12.9. The molecule has 0 bridgehead atoms. The van der Waals surface area contributed by atoms with Gasteiger partial charge in [0, 0.05) is 24.5 Å². The number of nitrogens with zero attached hydrogens (tertiary/aromatic N) is 2. The molecule has 2 N–H and O–H groups in total. The van der Waals surface area contributed by atoms with Crippen LogP contribution >= 0.6 is 0 Å². The molecular formula is C14H15F3N4. The molecule has 112 valence electrons. The van der Waals surface area contributed by atoms with Gasteiger partial charge >= 0.3 is 6.18 Å². The first-order valence-electron chi connectivity index (χ1n) is 6.27. The molecule has 0 spiro atoms. The Balaban J connectivity index is 2.36. The molecule has 0 fully saturated rings. The fraction of sp³-hybridized carbons (Fsp3) is 0.286. The van der Waals surface area contributed by atoms with Crippen molar-refractivity contribution >= 4 is 17.5 Å². The first-order chi connectivity index (χ1) is 9.81. The van der Waals surface area contributed by atoms with Crippen molar-refractivity contribution in [2.75, 3.05) is 17.7 Å². The average Bonchev–Trinajstić information content (AvgIpc) is 2.42. The van der Waals surface area contributed by atoms with Crippen molar-refractivity contribution in [1.82, 2.24) is 9.97 Å². The van der Waals surface area contributed by atoms with Crippen molar-refractivity contribution in [2.24, 2.45) is 0 Å². The van der Waals surface area contributed by atoms with Gasteiger partial charge < -0.3 is 10.6 Å². The molecule has 2 aromatic rings. The molecule has 0 unspecified atom stereocenters. The maximum Gasteiger partial charge on any atom is 0.416 e. The first kappa shape index (κ1) is 15.1. The molecule has 0 saturated carbocycles. The number of nitrogens with one attached hydrogen (secondary N) is 2. The number of rotatable bonds is 3. The van der Waals surface area contributed by atoms with Gasteiger partial charge in [0.25, 0.3) is 0 Å². The van der Waals surface area contributed by atoms with E-state index in [4.69, 9.17) is 0 Å². The van der Waals surface area contributed by atoms with E-state index in [1.165, 1.54) is 13.0 Å². The molecule has 1 aromatic carbocycles. The minimum atomic E-state index is -4.38. The lowest BCUT2D eigenvalue weighted by Crippen LogP contribution is -2.08. The van der Waals surface area contributed by atoms with E-state index in [0.29, 0.717) is 17.5 Å². The van der Waals surface area contributed by atoms with Gasteiger partial charge in [0.15, 0.2) is 0 Å². The molecule has 4 nitrogen and oxygen atoms in total. The molecule has 0 amide bonds. The molecule has 0 atom stereocenters. The van der Waals surface area contributed by atoms with Gasteiger partial charge in [-0.15, -0.1) is 0 Å².